The third-order valence-electron chi connectivity index (χ3n) is 6.08. The van der Waals surface area contributed by atoms with Gasteiger partial charge in [0.2, 0.25) is 0 Å². The van der Waals surface area contributed by atoms with Crippen molar-refractivity contribution < 1.29 is 9.59 Å². The molecule has 0 aliphatic heterocycles. The zero-order valence-electron chi connectivity index (χ0n) is 14.1. The fourth-order valence-corrected chi connectivity index (χ4v) is 5.52. The molecule has 0 unspecified atom stereocenters. The van der Waals surface area contributed by atoms with Crippen LogP contribution >= 0.6 is 0 Å². The van der Waals surface area contributed by atoms with E-state index in [1.807, 2.05) is 13.0 Å². The molecule has 4 aliphatic rings. The molecule has 4 saturated carbocycles. The van der Waals surface area contributed by atoms with Gasteiger partial charge >= 0.3 is 11.8 Å². The molecule has 4 N–H and O–H groups in total. The molecule has 0 heterocycles. The van der Waals surface area contributed by atoms with Gasteiger partial charge in [0.1, 0.15) is 0 Å². The van der Waals surface area contributed by atoms with Gasteiger partial charge in [0.15, 0.2) is 0 Å². The molecule has 128 valence electrons. The summed E-state index contributed by atoms with van der Waals surface area (Å²) in [6.07, 6.45) is 7.02. The highest BCUT2D eigenvalue weighted by Crippen LogP contribution is 2.55. The van der Waals surface area contributed by atoms with Crippen LogP contribution in [0.2, 0.25) is 0 Å². The summed E-state index contributed by atoms with van der Waals surface area (Å²) in [5.41, 5.74) is 7.68. The molecule has 4 bridgehead atoms. The van der Waals surface area contributed by atoms with Gasteiger partial charge in [0, 0.05) is 5.54 Å². The number of nitrogens with two attached hydrogens (primary N) is 1. The van der Waals surface area contributed by atoms with Crippen molar-refractivity contribution in [1.82, 2.24) is 5.32 Å². The average molecular weight is 327 g/mol. The molecule has 0 spiro atoms. The van der Waals surface area contributed by atoms with Crippen molar-refractivity contribution in [2.75, 3.05) is 11.1 Å². The maximum Gasteiger partial charge on any atom is 0.313 e. The van der Waals surface area contributed by atoms with Crippen LogP contribution in [-0.2, 0) is 9.59 Å². The monoisotopic (exact) mass is 327 g/mol. The summed E-state index contributed by atoms with van der Waals surface area (Å²) in [6, 6.07) is 5.40. The highest BCUT2D eigenvalue weighted by Gasteiger charge is 2.51. The first-order valence-electron chi connectivity index (χ1n) is 8.92. The molecule has 24 heavy (non-hydrogen) atoms. The highest BCUT2D eigenvalue weighted by atomic mass is 16.2. The molecular formula is C19H25N3O2. The topological polar surface area (TPSA) is 84.2 Å². The number of carbonyl (C=O) groups excluding carboxylic acids is 2. The quantitative estimate of drug-likeness (QED) is 0.576. The summed E-state index contributed by atoms with van der Waals surface area (Å²) in [6.45, 7) is 1.92. The third-order valence-corrected chi connectivity index (χ3v) is 6.08. The van der Waals surface area contributed by atoms with Gasteiger partial charge in [-0.25, -0.2) is 0 Å². The Labute approximate surface area is 142 Å². The molecule has 4 aliphatic carbocycles. The van der Waals surface area contributed by atoms with Gasteiger partial charge in [-0.1, -0.05) is 6.07 Å². The molecule has 0 radical (unpaired) electrons. The lowest BCUT2D eigenvalue weighted by molar-refractivity contribution is -0.139. The Hall–Kier alpha value is -2.04. The van der Waals surface area contributed by atoms with Gasteiger partial charge in [-0.15, -0.1) is 0 Å². The SMILES string of the molecule is Cc1ccc(N)c(NC(=O)C(=O)NC23CC4CC(CC(C4)C2)C3)c1. The van der Waals surface area contributed by atoms with Crippen LogP contribution in [0.15, 0.2) is 18.2 Å². The summed E-state index contributed by atoms with van der Waals surface area (Å²) in [5, 5.41) is 5.74. The zero-order chi connectivity index (χ0) is 16.9. The van der Waals surface area contributed by atoms with E-state index in [2.05, 4.69) is 10.6 Å². The minimum absolute atomic E-state index is 0.151. The van der Waals surface area contributed by atoms with Crippen molar-refractivity contribution in [2.24, 2.45) is 17.8 Å². The van der Waals surface area contributed by atoms with Gasteiger partial charge in [-0.05, 0) is 80.9 Å². The van der Waals surface area contributed by atoms with Gasteiger partial charge in [0.05, 0.1) is 11.4 Å². The van der Waals surface area contributed by atoms with Crippen LogP contribution in [0.3, 0.4) is 0 Å². The number of carbonyl (C=O) groups is 2. The van der Waals surface area contributed by atoms with Crippen LogP contribution in [-0.4, -0.2) is 17.4 Å². The number of nitrogen functional groups attached to an aromatic ring is 1. The van der Waals surface area contributed by atoms with Gasteiger partial charge < -0.3 is 16.4 Å². The summed E-state index contributed by atoms with van der Waals surface area (Å²) < 4.78 is 0. The number of rotatable bonds is 2. The summed E-state index contributed by atoms with van der Waals surface area (Å²) in [5.74, 6) is 1.03. The first-order valence-corrected chi connectivity index (χ1v) is 8.92. The van der Waals surface area contributed by atoms with E-state index in [1.54, 1.807) is 12.1 Å². The average Bonchev–Trinajstić information content (AvgIpc) is 2.49. The first-order chi connectivity index (χ1) is 11.4. The fraction of sp³-hybridized carbons (Fsp3) is 0.579. The second kappa shape index (κ2) is 5.50. The molecule has 1 aromatic rings. The van der Waals surface area contributed by atoms with Crippen LogP contribution < -0.4 is 16.4 Å². The van der Waals surface area contributed by atoms with Gasteiger partial charge in [-0.3, -0.25) is 9.59 Å². The normalized spacial score (nSPS) is 33.3. The Bertz CT molecular complexity index is 663. The van der Waals surface area contributed by atoms with Gasteiger partial charge in [0.25, 0.3) is 0 Å². The molecule has 5 rings (SSSR count). The molecule has 0 aromatic heterocycles. The standard InChI is InChI=1S/C19H25N3O2/c1-11-2-3-15(20)16(4-11)21-17(23)18(24)22-19-8-12-5-13(9-19)7-14(6-12)10-19/h2-4,12-14H,5-10,20H2,1H3,(H,21,23)(H,22,24). The van der Waals surface area contributed by atoms with Crippen molar-refractivity contribution >= 4 is 23.2 Å². The van der Waals surface area contributed by atoms with E-state index in [-0.39, 0.29) is 5.54 Å². The first kappa shape index (κ1) is 15.5. The van der Waals surface area contributed by atoms with E-state index < -0.39 is 11.8 Å². The minimum atomic E-state index is -0.622. The Morgan fingerprint density at radius 3 is 2.21 bits per heavy atom. The molecule has 5 nitrogen and oxygen atoms in total. The Balaban J connectivity index is 1.44. The van der Waals surface area contributed by atoms with E-state index >= 15 is 0 Å². The number of hydrogen-bond acceptors (Lipinski definition) is 3. The molecule has 0 atom stereocenters. The van der Waals surface area contributed by atoms with Crippen LogP contribution in [0.25, 0.3) is 0 Å². The van der Waals surface area contributed by atoms with Crippen LogP contribution in [0.4, 0.5) is 11.4 Å². The summed E-state index contributed by atoms with van der Waals surface area (Å²) in [7, 11) is 0. The minimum Gasteiger partial charge on any atom is -0.397 e. The Morgan fingerprint density at radius 2 is 1.62 bits per heavy atom. The smallest absolute Gasteiger partial charge is 0.313 e. The van der Waals surface area contributed by atoms with Crippen molar-refractivity contribution in [3.05, 3.63) is 23.8 Å². The second-order valence-electron chi connectivity index (χ2n) is 8.20. The fourth-order valence-electron chi connectivity index (χ4n) is 5.52. The number of aryl methyl sites for hydroxylation is 1. The van der Waals surface area contributed by atoms with E-state index in [0.717, 1.165) is 42.6 Å². The second-order valence-corrected chi connectivity index (χ2v) is 8.20. The zero-order valence-corrected chi connectivity index (χ0v) is 14.1. The number of benzene rings is 1. The highest BCUT2D eigenvalue weighted by molar-refractivity contribution is 6.40. The van der Waals surface area contributed by atoms with Crippen molar-refractivity contribution in [3.63, 3.8) is 0 Å². The number of nitrogens with one attached hydrogen (secondary N) is 2. The summed E-state index contributed by atoms with van der Waals surface area (Å²) >= 11 is 0. The van der Waals surface area contributed by atoms with Crippen molar-refractivity contribution in [3.8, 4) is 0 Å². The maximum absolute atomic E-state index is 12.5. The van der Waals surface area contributed by atoms with Crippen LogP contribution in [0, 0.1) is 24.7 Å². The Kier molecular flexibility index (Phi) is 3.55. The predicted molar refractivity (Wildman–Crippen MR) is 93.3 cm³/mol. The van der Waals surface area contributed by atoms with E-state index in [4.69, 9.17) is 5.73 Å². The number of hydrogen-bond donors (Lipinski definition) is 3. The number of amides is 2. The predicted octanol–water partition coefficient (Wildman–Crippen LogP) is 2.60. The number of anilines is 2. The molecular weight excluding hydrogens is 302 g/mol. The van der Waals surface area contributed by atoms with Crippen molar-refractivity contribution in [1.29, 1.82) is 0 Å². The Morgan fingerprint density at radius 1 is 1.04 bits per heavy atom. The molecule has 2 amide bonds. The van der Waals surface area contributed by atoms with Crippen LogP contribution in [0.5, 0.6) is 0 Å². The van der Waals surface area contributed by atoms with E-state index in [9.17, 15) is 9.59 Å². The molecule has 0 saturated heterocycles. The lowest BCUT2D eigenvalue weighted by Crippen LogP contribution is -2.61. The largest absolute Gasteiger partial charge is 0.397 e. The lowest BCUT2D eigenvalue weighted by atomic mass is 9.53. The van der Waals surface area contributed by atoms with E-state index in [0.29, 0.717) is 11.4 Å². The molecule has 1 aromatic carbocycles. The van der Waals surface area contributed by atoms with Gasteiger partial charge in [-0.2, -0.15) is 0 Å². The third kappa shape index (κ3) is 2.76. The van der Waals surface area contributed by atoms with E-state index in [1.165, 1.54) is 19.3 Å². The lowest BCUT2D eigenvalue weighted by Gasteiger charge is -2.56. The van der Waals surface area contributed by atoms with Crippen LogP contribution in [0.1, 0.15) is 44.1 Å². The van der Waals surface area contributed by atoms with Crippen molar-refractivity contribution in [2.45, 2.75) is 51.0 Å². The molecule has 5 heteroatoms. The molecule has 4 fully saturated rings. The summed E-state index contributed by atoms with van der Waals surface area (Å²) in [4.78, 5) is 24.8. The maximum atomic E-state index is 12.5.